The van der Waals surface area contributed by atoms with E-state index in [4.69, 9.17) is 56.5 Å². The molecule has 0 aliphatic carbocycles. The van der Waals surface area contributed by atoms with Gasteiger partial charge in [-0.15, -0.1) is 29.3 Å². The number of halogens is 1. The van der Waals surface area contributed by atoms with E-state index in [9.17, 15) is 0 Å². The first-order chi connectivity index (χ1) is 30.3. The molecule has 8 heterocycles. The molecule has 15 nitrogen and oxygen atoms in total. The van der Waals surface area contributed by atoms with Crippen molar-refractivity contribution in [1.29, 1.82) is 0 Å². The normalized spacial score (nSPS) is 13.7. The maximum absolute atomic E-state index is 8.93. The van der Waals surface area contributed by atoms with Gasteiger partial charge in [-0.2, -0.15) is 15.0 Å². The topological polar surface area (TPSA) is 186 Å². The van der Waals surface area contributed by atoms with Gasteiger partial charge in [0.05, 0.1) is 43.7 Å². The van der Waals surface area contributed by atoms with Gasteiger partial charge in [0.15, 0.2) is 23.3 Å². The van der Waals surface area contributed by atoms with Crippen LogP contribution in [0.1, 0.15) is 32.2 Å². The molecule has 6 aromatic heterocycles. The predicted octanol–water partition coefficient (Wildman–Crippen LogP) is 3.46. The third-order valence-electron chi connectivity index (χ3n) is 9.80. The summed E-state index contributed by atoms with van der Waals surface area (Å²) in [5.41, 5.74) is 5.58. The number of anilines is 2. The number of nitrogens with zero attached hydrogens (tertiary/aromatic N) is 10. The van der Waals surface area contributed by atoms with Gasteiger partial charge < -0.3 is 35.4 Å². The summed E-state index contributed by atoms with van der Waals surface area (Å²) >= 11 is 9.53. The minimum Gasteiger partial charge on any atom is -0.855 e. The number of aromatic nitrogens is 8. The van der Waals surface area contributed by atoms with Gasteiger partial charge in [0.25, 0.3) is 0 Å². The van der Waals surface area contributed by atoms with E-state index < -0.39 is 0 Å². The summed E-state index contributed by atoms with van der Waals surface area (Å²) < 4.78 is 7.77. The smallest absolute Gasteiger partial charge is 0.855 e. The number of fused-ring (bicyclic) bond motifs is 6. The Hall–Kier alpha value is -4.27. The molecule has 19 heteroatoms. The number of aliphatic hydroxyl groups excluding tert-OH is 1. The summed E-state index contributed by atoms with van der Waals surface area (Å²) in [5, 5.41) is 25.5. The molecular formula is C44H50ClN12NaO3S2. The number of ether oxygens (including phenoxy) is 1. The van der Waals surface area contributed by atoms with Gasteiger partial charge in [0, 0.05) is 70.1 Å². The first kappa shape index (κ1) is 48.2. The summed E-state index contributed by atoms with van der Waals surface area (Å²) in [6, 6.07) is 20.5. The van der Waals surface area contributed by atoms with Crippen molar-refractivity contribution in [2.45, 2.75) is 34.6 Å². The van der Waals surface area contributed by atoms with Crippen molar-refractivity contribution in [3.05, 3.63) is 77.3 Å². The molecule has 2 aliphatic heterocycles. The summed E-state index contributed by atoms with van der Waals surface area (Å²) in [4.78, 5) is 44.2. The Morgan fingerprint density at radius 3 is 1.49 bits per heavy atom. The van der Waals surface area contributed by atoms with Gasteiger partial charge in [-0.3, -0.25) is 0 Å². The van der Waals surface area contributed by atoms with Crippen LogP contribution in [0, 0.1) is 13.8 Å². The molecule has 8 aromatic rings. The van der Waals surface area contributed by atoms with Crippen LogP contribution in [0.3, 0.4) is 0 Å². The largest absolute Gasteiger partial charge is 1.00 e. The van der Waals surface area contributed by atoms with E-state index in [1.165, 1.54) is 0 Å². The third kappa shape index (κ3) is 11.2. The molecule has 0 saturated carbocycles. The summed E-state index contributed by atoms with van der Waals surface area (Å²) in [6.45, 7) is 17.4. The van der Waals surface area contributed by atoms with E-state index in [0.29, 0.717) is 12.6 Å². The second-order valence-electron chi connectivity index (χ2n) is 14.1. The molecule has 324 valence electrons. The van der Waals surface area contributed by atoms with E-state index in [1.807, 2.05) is 81.4 Å². The van der Waals surface area contributed by atoms with E-state index in [-0.39, 0.29) is 48.1 Å². The molecule has 2 saturated heterocycles. The minimum atomic E-state index is 0. The first-order valence-corrected chi connectivity index (χ1v) is 22.8. The van der Waals surface area contributed by atoms with Gasteiger partial charge in [-0.05, 0) is 39.3 Å². The number of benzene rings is 2. The van der Waals surface area contributed by atoms with Crippen LogP contribution in [0.2, 0.25) is 5.28 Å². The number of rotatable bonds is 6. The molecule has 2 aliphatic rings. The van der Waals surface area contributed by atoms with Crippen LogP contribution in [0.4, 0.5) is 11.6 Å². The van der Waals surface area contributed by atoms with Gasteiger partial charge in [-0.1, -0.05) is 67.6 Å². The molecule has 3 N–H and O–H groups in total. The number of hydrogen-bond acceptors (Lipinski definition) is 17. The number of thiophene rings is 2. The molecule has 10 rings (SSSR count). The van der Waals surface area contributed by atoms with Crippen LogP contribution in [0.15, 0.2) is 60.7 Å². The van der Waals surface area contributed by atoms with E-state index in [2.05, 4.69) is 30.4 Å². The van der Waals surface area contributed by atoms with Gasteiger partial charge in [0.2, 0.25) is 5.28 Å². The quantitative estimate of drug-likeness (QED) is 0.163. The summed E-state index contributed by atoms with van der Waals surface area (Å²) in [6.07, 6.45) is 0. The Morgan fingerprint density at radius 1 is 0.651 bits per heavy atom. The van der Waals surface area contributed by atoms with Crippen molar-refractivity contribution < 1.29 is 44.5 Å². The molecular weight excluding hydrogens is 867 g/mol. The maximum Gasteiger partial charge on any atom is 1.00 e. The Kier molecular flexibility index (Phi) is 17.7. The van der Waals surface area contributed by atoms with E-state index in [1.54, 1.807) is 36.5 Å². The van der Waals surface area contributed by atoms with Gasteiger partial charge in [0.1, 0.15) is 15.2 Å². The van der Waals surface area contributed by atoms with Gasteiger partial charge in [-0.25, -0.2) is 24.9 Å². The molecule has 0 spiro atoms. The summed E-state index contributed by atoms with van der Waals surface area (Å²) in [5.74, 6) is 3.30. The average Bonchev–Trinajstić information content (AvgIpc) is 3.87. The standard InChI is InChI=1S/C21H22N6OS.C19H17ClN6S.C2H6O.C2H5O.Na/c1-3-28-21-24-16-15-13(2)23-18(14-7-5-4-6-8-14)25-20(15)29-17(16)19(26-21)27-11-9-22-10-12-27;1-11-13-14-15(17(25-19(20)23-14)26-9-7-21-8-10-26)27-18(13)24-16(22-11)12-5-3-2-4-6-12;2*1-2-3;/h4-8,22H,3,9-12H2,1-2H3;2-6,21H,7-10H2,1H3;3H,2H2,1H3;2H2,1H3;/q;;;-1;+1. The van der Waals surface area contributed by atoms with Crippen LogP contribution in [0.25, 0.3) is 63.6 Å². The molecule has 0 bridgehead atoms. The summed E-state index contributed by atoms with van der Waals surface area (Å²) in [7, 11) is 0. The Labute approximate surface area is 401 Å². The van der Waals surface area contributed by atoms with Crippen LogP contribution < -0.4 is 59.8 Å². The average molecular weight is 918 g/mol. The molecule has 0 radical (unpaired) electrons. The zero-order valence-electron chi connectivity index (χ0n) is 36.5. The molecule has 0 amide bonds. The van der Waals surface area contributed by atoms with E-state index in [0.717, 1.165) is 139 Å². The zero-order chi connectivity index (χ0) is 43.6. The fourth-order valence-corrected chi connectivity index (χ4v) is 9.67. The van der Waals surface area contributed by atoms with E-state index >= 15 is 0 Å². The maximum atomic E-state index is 8.93. The monoisotopic (exact) mass is 916 g/mol. The van der Waals surface area contributed by atoms with Crippen LogP contribution in [-0.2, 0) is 0 Å². The predicted molar refractivity (Wildman–Crippen MR) is 251 cm³/mol. The molecule has 0 atom stereocenters. The Balaban J connectivity index is 0.000000184. The van der Waals surface area contributed by atoms with Gasteiger partial charge >= 0.3 is 35.6 Å². The fraction of sp³-hybridized carbons (Fsp3) is 0.364. The number of hydrogen-bond donors (Lipinski definition) is 3. The zero-order valence-corrected chi connectivity index (χ0v) is 40.9. The van der Waals surface area contributed by atoms with Crippen molar-refractivity contribution in [3.63, 3.8) is 0 Å². The van der Waals surface area contributed by atoms with Crippen molar-refractivity contribution in [2.75, 3.05) is 82.0 Å². The van der Waals surface area contributed by atoms with Crippen molar-refractivity contribution in [2.24, 2.45) is 0 Å². The van der Waals surface area contributed by atoms with Crippen LogP contribution in [-0.4, -0.2) is 117 Å². The van der Waals surface area contributed by atoms with Crippen molar-refractivity contribution in [3.8, 4) is 28.8 Å². The SMILES string of the molecule is CCO.CCOc1nc(N2CCNCC2)c2sc3nc(-c4ccccc4)nc(C)c3c2n1.CC[O-].Cc1nc(-c2ccccc2)nc2sc3c(N4CCNCC4)nc(Cl)nc3c12.[Na+]. The number of piperazine rings is 2. The Bertz CT molecular complexity index is 2730. The number of aliphatic hydroxyl groups is 1. The molecule has 2 fully saturated rings. The number of nitrogens with one attached hydrogen (secondary N) is 2. The number of aryl methyl sites for hydroxylation is 2. The second-order valence-corrected chi connectivity index (χ2v) is 16.4. The van der Waals surface area contributed by atoms with Crippen LogP contribution >= 0.6 is 34.3 Å². The molecule has 2 aromatic carbocycles. The molecule has 0 unspecified atom stereocenters. The second kappa shape index (κ2) is 23.1. The Morgan fingerprint density at radius 2 is 1.06 bits per heavy atom. The first-order valence-electron chi connectivity index (χ1n) is 20.7. The molecule has 63 heavy (non-hydrogen) atoms. The van der Waals surface area contributed by atoms with Crippen molar-refractivity contribution in [1.82, 2.24) is 50.5 Å². The van der Waals surface area contributed by atoms with Crippen molar-refractivity contribution >= 4 is 86.8 Å². The fourth-order valence-electron chi connectivity index (χ4n) is 7.15. The minimum absolute atomic E-state index is 0. The third-order valence-corrected chi connectivity index (χ3v) is 12.1. The van der Waals surface area contributed by atoms with Crippen LogP contribution in [0.5, 0.6) is 6.01 Å².